The third-order valence-corrected chi connectivity index (χ3v) is 7.30. The van der Waals surface area contributed by atoms with Gasteiger partial charge < -0.3 is 9.11 Å². The molecule has 0 heterocycles. The maximum Gasteiger partial charge on any atom is 1.00 e. The van der Waals surface area contributed by atoms with Crippen LogP contribution < -0.4 is 59.1 Å². The van der Waals surface area contributed by atoms with Gasteiger partial charge in [0.25, 0.3) is 0 Å². The van der Waals surface area contributed by atoms with Gasteiger partial charge in [-0.05, 0) is 30.0 Å². The van der Waals surface area contributed by atoms with Gasteiger partial charge in [0.05, 0.1) is 9.79 Å². The molecule has 0 spiro atoms. The molecular formula is C23H30Na2O6S2. The summed E-state index contributed by atoms with van der Waals surface area (Å²) in [5.41, 5.74) is 1.23. The smallest absolute Gasteiger partial charge is 0.744 e. The second-order valence-corrected chi connectivity index (χ2v) is 10.4. The minimum Gasteiger partial charge on any atom is -0.744 e. The Morgan fingerprint density at radius 3 is 1.70 bits per heavy atom. The molecule has 0 fully saturated rings. The first-order valence-corrected chi connectivity index (χ1v) is 13.6. The fourth-order valence-electron chi connectivity index (χ4n) is 3.81. The number of unbranched alkanes of at least 4 members (excludes halogenated alkanes) is 8. The zero-order chi connectivity index (χ0) is 22.9. The van der Waals surface area contributed by atoms with E-state index < -0.39 is 30.0 Å². The van der Waals surface area contributed by atoms with E-state index >= 15 is 0 Å². The van der Waals surface area contributed by atoms with Gasteiger partial charge in [0, 0.05) is 5.56 Å². The Hall–Kier alpha value is 0.260. The third kappa shape index (κ3) is 10.8. The van der Waals surface area contributed by atoms with Crippen LogP contribution >= 0.6 is 0 Å². The van der Waals surface area contributed by atoms with E-state index in [9.17, 15) is 25.9 Å². The standard InChI is InChI=1S/C23H32O6S2.2Na/c1-2-3-4-5-6-7-8-9-10-14-19-15-11-12-16-20(19)21-17-13-18-22(30(24,25)26)23(21)31(27,28)29;;/h11-13,15-18H,2-10,14H2,1H3,(H,24,25,26)(H,27,28,29);;/q;2*+1/p-2. The molecule has 0 radical (unpaired) electrons. The van der Waals surface area contributed by atoms with Gasteiger partial charge in [-0.3, -0.25) is 0 Å². The van der Waals surface area contributed by atoms with Crippen molar-refractivity contribution in [2.75, 3.05) is 0 Å². The molecule has 0 aliphatic rings. The fourth-order valence-corrected chi connectivity index (χ4v) is 5.77. The van der Waals surface area contributed by atoms with Crippen LogP contribution in [0.2, 0.25) is 0 Å². The van der Waals surface area contributed by atoms with Gasteiger partial charge >= 0.3 is 59.1 Å². The normalized spacial score (nSPS) is 11.5. The summed E-state index contributed by atoms with van der Waals surface area (Å²) in [6.07, 6.45) is 11.2. The van der Waals surface area contributed by atoms with E-state index in [1.54, 1.807) is 12.1 Å². The van der Waals surface area contributed by atoms with Gasteiger partial charge in [0.15, 0.2) is 0 Å². The summed E-state index contributed by atoms with van der Waals surface area (Å²) in [5.74, 6) is 0. The molecule has 2 aromatic carbocycles. The molecule has 10 heteroatoms. The molecule has 0 bridgehead atoms. The molecule has 33 heavy (non-hydrogen) atoms. The van der Waals surface area contributed by atoms with Crippen LogP contribution in [0.3, 0.4) is 0 Å². The molecular weight excluding hydrogens is 482 g/mol. The van der Waals surface area contributed by atoms with Crippen molar-refractivity contribution in [3.8, 4) is 11.1 Å². The number of benzene rings is 2. The van der Waals surface area contributed by atoms with Crippen molar-refractivity contribution in [2.45, 2.75) is 80.9 Å². The van der Waals surface area contributed by atoms with E-state index in [-0.39, 0.29) is 64.7 Å². The van der Waals surface area contributed by atoms with Gasteiger partial charge in [-0.25, -0.2) is 16.8 Å². The third-order valence-electron chi connectivity index (χ3n) is 5.36. The maximum absolute atomic E-state index is 11.9. The largest absolute Gasteiger partial charge is 1.00 e. The van der Waals surface area contributed by atoms with Crippen molar-refractivity contribution in [1.29, 1.82) is 0 Å². The minimum atomic E-state index is -5.18. The van der Waals surface area contributed by atoms with Crippen LogP contribution in [0.4, 0.5) is 0 Å². The van der Waals surface area contributed by atoms with Crippen LogP contribution in [0.15, 0.2) is 52.3 Å². The predicted molar refractivity (Wildman–Crippen MR) is 119 cm³/mol. The SMILES string of the molecule is CCCCCCCCCCCc1ccccc1-c1cccc(S(=O)(=O)[O-])c1S(=O)(=O)[O-].[Na+].[Na+]. The molecule has 172 valence electrons. The van der Waals surface area contributed by atoms with Crippen LogP contribution in [0.5, 0.6) is 0 Å². The first-order chi connectivity index (χ1) is 14.7. The van der Waals surface area contributed by atoms with Crippen LogP contribution in [-0.2, 0) is 26.7 Å². The van der Waals surface area contributed by atoms with Gasteiger partial charge in [-0.2, -0.15) is 0 Å². The molecule has 0 saturated heterocycles. The zero-order valence-corrected chi connectivity index (χ0v) is 25.5. The maximum atomic E-state index is 11.9. The molecule has 0 N–H and O–H groups in total. The molecule has 0 saturated carbocycles. The molecule has 0 unspecified atom stereocenters. The molecule has 0 aliphatic heterocycles. The zero-order valence-electron chi connectivity index (χ0n) is 19.9. The van der Waals surface area contributed by atoms with Gasteiger partial charge in [0.1, 0.15) is 20.2 Å². The van der Waals surface area contributed by atoms with E-state index in [4.69, 9.17) is 0 Å². The second kappa shape index (κ2) is 16.1. The van der Waals surface area contributed by atoms with E-state index in [2.05, 4.69) is 6.92 Å². The van der Waals surface area contributed by atoms with Gasteiger partial charge in [-0.1, -0.05) is 94.7 Å². The van der Waals surface area contributed by atoms with Crippen LogP contribution in [0.1, 0.15) is 70.3 Å². The van der Waals surface area contributed by atoms with Crippen LogP contribution in [-0.4, -0.2) is 25.9 Å². The average Bonchev–Trinajstić information content (AvgIpc) is 2.71. The van der Waals surface area contributed by atoms with Crippen LogP contribution in [0, 0.1) is 0 Å². The van der Waals surface area contributed by atoms with Crippen molar-refractivity contribution < 1.29 is 85.1 Å². The topological polar surface area (TPSA) is 114 Å². The fraction of sp³-hybridized carbons (Fsp3) is 0.478. The summed E-state index contributed by atoms with van der Waals surface area (Å²) in [6.45, 7) is 2.20. The van der Waals surface area contributed by atoms with Crippen molar-refractivity contribution in [2.24, 2.45) is 0 Å². The number of rotatable bonds is 13. The molecule has 6 nitrogen and oxygen atoms in total. The van der Waals surface area contributed by atoms with Crippen molar-refractivity contribution in [3.63, 3.8) is 0 Å². The summed E-state index contributed by atoms with van der Waals surface area (Å²) in [5, 5.41) is 0. The quantitative estimate of drug-likeness (QED) is 0.198. The summed E-state index contributed by atoms with van der Waals surface area (Å²) in [4.78, 5) is -1.97. The predicted octanol–water partition coefficient (Wildman–Crippen LogP) is -0.757. The Kier molecular flexibility index (Phi) is 16.2. The van der Waals surface area contributed by atoms with Crippen LogP contribution in [0.25, 0.3) is 11.1 Å². The summed E-state index contributed by atoms with van der Waals surface area (Å²) < 4.78 is 70.3. The molecule has 2 aromatic rings. The van der Waals surface area contributed by atoms with E-state index in [0.717, 1.165) is 30.9 Å². The van der Waals surface area contributed by atoms with E-state index in [1.165, 1.54) is 50.7 Å². The number of hydrogen-bond acceptors (Lipinski definition) is 6. The Morgan fingerprint density at radius 1 is 0.636 bits per heavy atom. The Labute approximate surface area is 243 Å². The summed E-state index contributed by atoms with van der Waals surface area (Å²) in [7, 11) is -10.3. The first kappa shape index (κ1) is 33.3. The van der Waals surface area contributed by atoms with Crippen molar-refractivity contribution in [3.05, 3.63) is 48.0 Å². The molecule has 0 atom stereocenters. The number of aryl methyl sites for hydroxylation is 1. The Morgan fingerprint density at radius 2 is 1.15 bits per heavy atom. The molecule has 0 amide bonds. The van der Waals surface area contributed by atoms with E-state index in [0.29, 0.717) is 12.0 Å². The minimum absolute atomic E-state index is 0. The van der Waals surface area contributed by atoms with Gasteiger partial charge in [-0.15, -0.1) is 0 Å². The molecule has 2 rings (SSSR count). The summed E-state index contributed by atoms with van der Waals surface area (Å²) in [6, 6.07) is 10.5. The van der Waals surface area contributed by atoms with E-state index in [1.807, 2.05) is 12.1 Å². The summed E-state index contributed by atoms with van der Waals surface area (Å²) >= 11 is 0. The monoisotopic (exact) mass is 512 g/mol. The Bertz CT molecular complexity index is 1070. The Balaban J connectivity index is 0.00000512. The molecule has 0 aromatic heterocycles. The number of hydrogen-bond donors (Lipinski definition) is 0. The van der Waals surface area contributed by atoms with Crippen molar-refractivity contribution in [1.82, 2.24) is 0 Å². The van der Waals surface area contributed by atoms with Gasteiger partial charge in [0.2, 0.25) is 0 Å². The second-order valence-electron chi connectivity index (χ2n) is 7.78. The first-order valence-electron chi connectivity index (χ1n) is 10.8. The average molecular weight is 513 g/mol. The van der Waals surface area contributed by atoms with Crippen molar-refractivity contribution >= 4 is 20.2 Å². The molecule has 0 aliphatic carbocycles.